The van der Waals surface area contributed by atoms with E-state index >= 15 is 0 Å². The van der Waals surface area contributed by atoms with Gasteiger partial charge in [-0.2, -0.15) is 0 Å². The molecule has 18 heavy (non-hydrogen) atoms. The van der Waals surface area contributed by atoms with Gasteiger partial charge in [0.1, 0.15) is 0 Å². The zero-order valence-corrected chi connectivity index (χ0v) is 12.0. The third-order valence-corrected chi connectivity index (χ3v) is 2.40. The molecule has 0 fully saturated rings. The summed E-state index contributed by atoms with van der Waals surface area (Å²) >= 11 is 0. The normalized spacial score (nSPS) is 10.6. The number of methoxy groups -OCH3 is 1. The number of likely N-dealkylation sites (N-methyl/N-ethyl adjacent to an activating group) is 1. The highest BCUT2D eigenvalue weighted by Crippen LogP contribution is 1.93. The lowest BCUT2D eigenvalue weighted by atomic mass is 10.3. The molecule has 0 heterocycles. The molecule has 0 saturated heterocycles. The van der Waals surface area contributed by atoms with E-state index in [1.54, 1.807) is 21.2 Å². The van der Waals surface area contributed by atoms with Crippen molar-refractivity contribution >= 4 is 11.8 Å². The molecule has 0 spiro atoms. The van der Waals surface area contributed by atoms with Gasteiger partial charge in [-0.25, -0.2) is 0 Å². The van der Waals surface area contributed by atoms with Crippen LogP contribution in [0, 0.1) is 0 Å². The first-order valence-corrected chi connectivity index (χ1v) is 6.08. The van der Waals surface area contributed by atoms with Crippen molar-refractivity contribution < 1.29 is 14.3 Å². The topological polar surface area (TPSA) is 61.9 Å². The van der Waals surface area contributed by atoms with Gasteiger partial charge in [0, 0.05) is 33.8 Å². The van der Waals surface area contributed by atoms with Gasteiger partial charge in [0.25, 0.3) is 0 Å². The molecule has 0 aromatic heterocycles. The van der Waals surface area contributed by atoms with E-state index in [1.165, 1.54) is 9.80 Å². The summed E-state index contributed by atoms with van der Waals surface area (Å²) < 4.78 is 4.95. The van der Waals surface area contributed by atoms with E-state index < -0.39 is 0 Å². The minimum absolute atomic E-state index is 0.0871. The predicted molar refractivity (Wildman–Crippen MR) is 70.3 cm³/mol. The van der Waals surface area contributed by atoms with E-state index in [-0.39, 0.29) is 30.9 Å². The van der Waals surface area contributed by atoms with Crippen molar-refractivity contribution in [1.82, 2.24) is 15.1 Å². The van der Waals surface area contributed by atoms with Crippen LogP contribution in [0.3, 0.4) is 0 Å². The minimum atomic E-state index is -0.0935. The summed E-state index contributed by atoms with van der Waals surface area (Å²) in [7, 11) is 4.92. The van der Waals surface area contributed by atoms with Gasteiger partial charge in [-0.3, -0.25) is 9.59 Å². The van der Waals surface area contributed by atoms with Crippen LogP contribution in [-0.4, -0.2) is 75.1 Å². The van der Waals surface area contributed by atoms with Crippen LogP contribution in [-0.2, 0) is 14.3 Å². The molecule has 1 N–H and O–H groups in total. The number of carbonyl (C=O) groups excluding carboxylic acids is 2. The summed E-state index contributed by atoms with van der Waals surface area (Å²) in [5.41, 5.74) is 0. The Balaban J connectivity index is 4.36. The first-order valence-electron chi connectivity index (χ1n) is 6.08. The molecule has 0 aromatic carbocycles. The van der Waals surface area contributed by atoms with Crippen LogP contribution in [0.5, 0.6) is 0 Å². The minimum Gasteiger partial charge on any atom is -0.383 e. The average molecular weight is 259 g/mol. The van der Waals surface area contributed by atoms with E-state index in [4.69, 9.17) is 4.74 Å². The van der Waals surface area contributed by atoms with Crippen molar-refractivity contribution in [3.8, 4) is 0 Å². The number of amides is 2. The van der Waals surface area contributed by atoms with Crippen LogP contribution in [0.1, 0.15) is 13.8 Å². The molecule has 0 unspecified atom stereocenters. The number of hydrogen-bond donors (Lipinski definition) is 1. The van der Waals surface area contributed by atoms with E-state index in [2.05, 4.69) is 5.32 Å². The Bertz CT molecular complexity index is 267. The molecule has 0 radical (unpaired) electrons. The summed E-state index contributed by atoms with van der Waals surface area (Å²) in [6.07, 6.45) is 0. The number of carbonyl (C=O) groups is 2. The molecule has 0 aliphatic rings. The fraction of sp³-hybridized carbons (Fsp3) is 0.833. The molecule has 0 saturated carbocycles. The first-order chi connectivity index (χ1) is 8.38. The molecule has 0 aromatic rings. The van der Waals surface area contributed by atoms with E-state index in [0.717, 1.165) is 0 Å². The third-order valence-electron chi connectivity index (χ3n) is 2.40. The predicted octanol–water partition coefficient (Wildman–Crippen LogP) is -0.452. The average Bonchev–Trinajstić information content (AvgIpc) is 2.30. The van der Waals surface area contributed by atoms with Gasteiger partial charge < -0.3 is 19.9 Å². The summed E-state index contributed by atoms with van der Waals surface area (Å²) in [4.78, 5) is 26.6. The van der Waals surface area contributed by atoms with Crippen LogP contribution in [0.15, 0.2) is 0 Å². The summed E-state index contributed by atoms with van der Waals surface area (Å²) in [5, 5.41) is 3.05. The van der Waals surface area contributed by atoms with Crippen molar-refractivity contribution in [2.24, 2.45) is 0 Å². The highest BCUT2D eigenvalue weighted by molar-refractivity contribution is 5.85. The second kappa shape index (κ2) is 8.88. The molecule has 6 heteroatoms. The molecule has 2 amide bonds. The van der Waals surface area contributed by atoms with E-state index in [9.17, 15) is 9.59 Å². The maximum absolute atomic E-state index is 11.9. The van der Waals surface area contributed by atoms with Crippen LogP contribution in [0.25, 0.3) is 0 Å². The van der Waals surface area contributed by atoms with Crippen molar-refractivity contribution in [2.45, 2.75) is 19.9 Å². The van der Waals surface area contributed by atoms with Gasteiger partial charge >= 0.3 is 0 Å². The van der Waals surface area contributed by atoms with Crippen molar-refractivity contribution in [3.63, 3.8) is 0 Å². The Kier molecular flexibility index (Phi) is 8.32. The monoisotopic (exact) mass is 259 g/mol. The summed E-state index contributed by atoms with van der Waals surface area (Å²) in [6, 6.07) is 0.239. The smallest absolute Gasteiger partial charge is 0.241 e. The Morgan fingerprint density at radius 2 is 1.83 bits per heavy atom. The third kappa shape index (κ3) is 7.24. The molecular formula is C12H25N3O3. The van der Waals surface area contributed by atoms with Crippen LogP contribution < -0.4 is 5.32 Å². The fourth-order valence-electron chi connectivity index (χ4n) is 1.20. The van der Waals surface area contributed by atoms with Crippen molar-refractivity contribution in [2.75, 3.05) is 47.4 Å². The summed E-state index contributed by atoms with van der Waals surface area (Å²) in [5.74, 6) is -0.181. The lowest BCUT2D eigenvalue weighted by Crippen LogP contribution is -2.46. The molecule has 0 aliphatic heterocycles. The van der Waals surface area contributed by atoms with Crippen LogP contribution >= 0.6 is 0 Å². The maximum atomic E-state index is 11.9. The molecule has 0 aliphatic carbocycles. The molecular weight excluding hydrogens is 234 g/mol. The first kappa shape index (κ1) is 16.9. The number of nitrogens with one attached hydrogen (secondary N) is 1. The van der Waals surface area contributed by atoms with Crippen LogP contribution in [0.4, 0.5) is 0 Å². The second-order valence-electron chi connectivity index (χ2n) is 4.63. The molecule has 6 nitrogen and oxygen atoms in total. The van der Waals surface area contributed by atoms with Crippen molar-refractivity contribution in [3.05, 3.63) is 0 Å². The highest BCUT2D eigenvalue weighted by atomic mass is 16.5. The number of hydrogen-bond acceptors (Lipinski definition) is 4. The largest absolute Gasteiger partial charge is 0.383 e. The zero-order chi connectivity index (χ0) is 14.1. The van der Waals surface area contributed by atoms with Crippen LogP contribution in [0.2, 0.25) is 0 Å². The molecule has 0 rings (SSSR count). The van der Waals surface area contributed by atoms with Crippen molar-refractivity contribution in [1.29, 1.82) is 0 Å². The quantitative estimate of drug-likeness (QED) is 0.641. The second-order valence-corrected chi connectivity index (χ2v) is 4.63. The Labute approximate surface area is 109 Å². The summed E-state index contributed by atoms with van der Waals surface area (Å²) in [6.45, 7) is 5.12. The lowest BCUT2D eigenvalue weighted by Gasteiger charge is -2.24. The number of ether oxygens (including phenoxy) is 1. The Morgan fingerprint density at radius 1 is 1.22 bits per heavy atom. The number of rotatable bonds is 8. The lowest BCUT2D eigenvalue weighted by molar-refractivity contribution is -0.139. The maximum Gasteiger partial charge on any atom is 0.241 e. The fourth-order valence-corrected chi connectivity index (χ4v) is 1.20. The molecule has 106 valence electrons. The van der Waals surface area contributed by atoms with E-state index in [0.29, 0.717) is 13.2 Å². The molecule has 0 bridgehead atoms. The highest BCUT2D eigenvalue weighted by Gasteiger charge is 2.17. The molecule has 0 atom stereocenters. The SMILES string of the molecule is COCCN(CC(=O)N(C)C)C(=O)CNC(C)C. The van der Waals surface area contributed by atoms with Gasteiger partial charge in [0.15, 0.2) is 0 Å². The van der Waals surface area contributed by atoms with Gasteiger partial charge in [-0.05, 0) is 0 Å². The number of nitrogens with zero attached hydrogens (tertiary/aromatic N) is 2. The standard InChI is InChI=1S/C12H25N3O3/c1-10(2)13-8-11(16)15(6-7-18-5)9-12(17)14(3)4/h10,13H,6-9H2,1-5H3. The van der Waals surface area contributed by atoms with Gasteiger partial charge in [-0.1, -0.05) is 13.8 Å². The Morgan fingerprint density at radius 3 is 2.28 bits per heavy atom. The van der Waals surface area contributed by atoms with Gasteiger partial charge in [-0.15, -0.1) is 0 Å². The van der Waals surface area contributed by atoms with Gasteiger partial charge in [0.05, 0.1) is 19.7 Å². The Hall–Kier alpha value is -1.14. The van der Waals surface area contributed by atoms with E-state index in [1.807, 2.05) is 13.8 Å². The zero-order valence-electron chi connectivity index (χ0n) is 12.0. The van der Waals surface area contributed by atoms with Gasteiger partial charge in [0.2, 0.25) is 11.8 Å².